The SMILES string of the molecule is Oc1c(S)cccc1[C@@H]1CNCCN1. The Kier molecular flexibility index (Phi) is 2.96. The third-order valence-electron chi connectivity index (χ3n) is 2.46. The van der Waals surface area contributed by atoms with Crippen molar-refractivity contribution in [1.82, 2.24) is 10.6 Å². The summed E-state index contributed by atoms with van der Waals surface area (Å²) in [5, 5.41) is 16.4. The average Bonchev–Trinajstić information content (AvgIpc) is 2.23. The molecule has 1 aliphatic heterocycles. The summed E-state index contributed by atoms with van der Waals surface area (Å²) in [6, 6.07) is 5.82. The second kappa shape index (κ2) is 4.21. The van der Waals surface area contributed by atoms with E-state index in [0.29, 0.717) is 4.90 Å². The lowest BCUT2D eigenvalue weighted by molar-refractivity contribution is 0.399. The van der Waals surface area contributed by atoms with Crippen LogP contribution in [0.15, 0.2) is 23.1 Å². The molecule has 3 nitrogen and oxygen atoms in total. The molecule has 4 heteroatoms. The molecule has 1 aromatic rings. The molecule has 1 fully saturated rings. The van der Waals surface area contributed by atoms with Gasteiger partial charge in [-0.05, 0) is 6.07 Å². The molecule has 0 radical (unpaired) electrons. The lowest BCUT2D eigenvalue weighted by atomic mass is 10.0. The Morgan fingerprint density at radius 3 is 2.93 bits per heavy atom. The quantitative estimate of drug-likeness (QED) is 0.521. The number of rotatable bonds is 1. The van der Waals surface area contributed by atoms with Crippen molar-refractivity contribution in [1.29, 1.82) is 0 Å². The predicted octanol–water partition coefficient (Wildman–Crippen LogP) is 0.915. The van der Waals surface area contributed by atoms with E-state index in [-0.39, 0.29) is 11.8 Å². The molecule has 2 rings (SSSR count). The van der Waals surface area contributed by atoms with Crippen LogP contribution in [-0.4, -0.2) is 24.7 Å². The zero-order valence-electron chi connectivity index (χ0n) is 7.83. The lowest BCUT2D eigenvalue weighted by Gasteiger charge is -2.25. The maximum atomic E-state index is 9.81. The topological polar surface area (TPSA) is 44.3 Å². The van der Waals surface area contributed by atoms with E-state index >= 15 is 0 Å². The molecule has 1 saturated heterocycles. The van der Waals surface area contributed by atoms with Crippen LogP contribution in [0.4, 0.5) is 0 Å². The van der Waals surface area contributed by atoms with Gasteiger partial charge in [0, 0.05) is 36.1 Å². The molecule has 0 saturated carbocycles. The van der Waals surface area contributed by atoms with Crippen LogP contribution < -0.4 is 10.6 Å². The van der Waals surface area contributed by atoms with Crippen LogP contribution in [0.5, 0.6) is 5.75 Å². The summed E-state index contributed by atoms with van der Waals surface area (Å²) >= 11 is 4.19. The van der Waals surface area contributed by atoms with Crippen molar-refractivity contribution in [2.75, 3.05) is 19.6 Å². The molecular weight excluding hydrogens is 196 g/mol. The van der Waals surface area contributed by atoms with E-state index in [2.05, 4.69) is 23.3 Å². The van der Waals surface area contributed by atoms with E-state index in [4.69, 9.17) is 0 Å². The minimum atomic E-state index is 0.191. The highest BCUT2D eigenvalue weighted by molar-refractivity contribution is 7.80. The number of thiol groups is 1. The Hall–Kier alpha value is -0.710. The van der Waals surface area contributed by atoms with Crippen molar-refractivity contribution < 1.29 is 5.11 Å². The van der Waals surface area contributed by atoms with E-state index in [0.717, 1.165) is 25.2 Å². The van der Waals surface area contributed by atoms with E-state index in [1.165, 1.54) is 0 Å². The third kappa shape index (κ3) is 1.87. The first-order valence-electron chi connectivity index (χ1n) is 4.74. The summed E-state index contributed by atoms with van der Waals surface area (Å²) in [7, 11) is 0. The van der Waals surface area contributed by atoms with Crippen LogP contribution in [0.3, 0.4) is 0 Å². The maximum Gasteiger partial charge on any atom is 0.133 e. The molecule has 1 aliphatic rings. The second-order valence-corrected chi connectivity index (χ2v) is 3.91. The van der Waals surface area contributed by atoms with Crippen molar-refractivity contribution in [2.24, 2.45) is 0 Å². The van der Waals surface area contributed by atoms with Crippen molar-refractivity contribution in [3.8, 4) is 5.75 Å². The number of piperazine rings is 1. The first kappa shape index (κ1) is 9.83. The molecule has 76 valence electrons. The van der Waals surface area contributed by atoms with Crippen LogP contribution >= 0.6 is 12.6 Å². The normalized spacial score (nSPS) is 22.2. The van der Waals surface area contributed by atoms with Crippen LogP contribution in [0, 0.1) is 0 Å². The zero-order chi connectivity index (χ0) is 9.97. The minimum absolute atomic E-state index is 0.191. The number of benzene rings is 1. The Morgan fingerprint density at radius 2 is 2.21 bits per heavy atom. The fourth-order valence-corrected chi connectivity index (χ4v) is 1.92. The summed E-state index contributed by atoms with van der Waals surface area (Å²) in [6.45, 7) is 2.77. The molecule has 0 aromatic heterocycles. The summed E-state index contributed by atoms with van der Waals surface area (Å²) in [4.78, 5) is 0.634. The molecule has 3 N–H and O–H groups in total. The molecule has 0 amide bonds. The number of hydrogen-bond acceptors (Lipinski definition) is 4. The Balaban J connectivity index is 2.26. The van der Waals surface area contributed by atoms with Crippen LogP contribution in [0.1, 0.15) is 11.6 Å². The Bertz CT molecular complexity index is 324. The average molecular weight is 210 g/mol. The van der Waals surface area contributed by atoms with Crippen molar-refractivity contribution >= 4 is 12.6 Å². The zero-order valence-corrected chi connectivity index (χ0v) is 8.72. The summed E-state index contributed by atoms with van der Waals surface area (Å²) in [5.74, 6) is 0.289. The highest BCUT2D eigenvalue weighted by Gasteiger charge is 2.17. The van der Waals surface area contributed by atoms with Gasteiger partial charge in [0.15, 0.2) is 0 Å². The van der Waals surface area contributed by atoms with Gasteiger partial charge in [0.25, 0.3) is 0 Å². The van der Waals surface area contributed by atoms with Gasteiger partial charge in [-0.15, -0.1) is 12.6 Å². The third-order valence-corrected chi connectivity index (χ3v) is 2.82. The summed E-state index contributed by atoms with van der Waals surface area (Å²) in [6.07, 6.45) is 0. The van der Waals surface area contributed by atoms with Crippen molar-refractivity contribution in [3.05, 3.63) is 23.8 Å². The van der Waals surface area contributed by atoms with Crippen LogP contribution in [0.2, 0.25) is 0 Å². The first-order valence-corrected chi connectivity index (χ1v) is 5.18. The van der Waals surface area contributed by atoms with Gasteiger partial charge in [0.1, 0.15) is 5.75 Å². The monoisotopic (exact) mass is 210 g/mol. The van der Waals surface area contributed by atoms with Crippen molar-refractivity contribution in [2.45, 2.75) is 10.9 Å². The summed E-state index contributed by atoms with van der Waals surface area (Å²) < 4.78 is 0. The number of nitrogens with one attached hydrogen (secondary N) is 2. The highest BCUT2D eigenvalue weighted by Crippen LogP contribution is 2.30. The molecule has 0 bridgehead atoms. The molecule has 0 spiro atoms. The Morgan fingerprint density at radius 1 is 1.36 bits per heavy atom. The predicted molar refractivity (Wildman–Crippen MR) is 59.0 cm³/mol. The molecule has 0 unspecified atom stereocenters. The van der Waals surface area contributed by atoms with Gasteiger partial charge in [-0.25, -0.2) is 0 Å². The van der Waals surface area contributed by atoms with Gasteiger partial charge in [-0.3, -0.25) is 0 Å². The fraction of sp³-hybridized carbons (Fsp3) is 0.400. The fourth-order valence-electron chi connectivity index (χ4n) is 1.70. The standard InChI is InChI=1S/C10H14N2OS/c13-10-7(2-1-3-9(10)14)8-6-11-4-5-12-8/h1-3,8,11-14H,4-6H2/t8-/m0/s1. The molecule has 1 atom stereocenters. The number of para-hydroxylation sites is 1. The van der Waals surface area contributed by atoms with E-state index in [9.17, 15) is 5.11 Å². The van der Waals surface area contributed by atoms with Crippen LogP contribution in [0.25, 0.3) is 0 Å². The number of phenolic OH excluding ortho intramolecular Hbond substituents is 1. The second-order valence-electron chi connectivity index (χ2n) is 3.43. The lowest BCUT2D eigenvalue weighted by Crippen LogP contribution is -2.42. The van der Waals surface area contributed by atoms with Crippen LogP contribution in [-0.2, 0) is 0 Å². The summed E-state index contributed by atoms with van der Waals surface area (Å²) in [5.41, 5.74) is 0.921. The number of aromatic hydroxyl groups is 1. The number of hydrogen-bond donors (Lipinski definition) is 4. The van der Waals surface area contributed by atoms with E-state index in [1.807, 2.05) is 12.1 Å². The Labute approximate surface area is 88.9 Å². The van der Waals surface area contributed by atoms with Gasteiger partial charge in [-0.2, -0.15) is 0 Å². The highest BCUT2D eigenvalue weighted by atomic mass is 32.1. The van der Waals surface area contributed by atoms with Gasteiger partial charge >= 0.3 is 0 Å². The molecular formula is C10H14N2OS. The van der Waals surface area contributed by atoms with E-state index < -0.39 is 0 Å². The molecule has 1 aromatic carbocycles. The molecule has 14 heavy (non-hydrogen) atoms. The van der Waals surface area contributed by atoms with E-state index in [1.54, 1.807) is 6.07 Å². The number of phenols is 1. The van der Waals surface area contributed by atoms with Gasteiger partial charge in [-0.1, -0.05) is 12.1 Å². The largest absolute Gasteiger partial charge is 0.506 e. The first-order chi connectivity index (χ1) is 6.79. The van der Waals surface area contributed by atoms with Gasteiger partial charge < -0.3 is 15.7 Å². The maximum absolute atomic E-state index is 9.81. The minimum Gasteiger partial charge on any atom is -0.506 e. The molecule has 1 heterocycles. The van der Waals surface area contributed by atoms with Gasteiger partial charge in [0.2, 0.25) is 0 Å². The van der Waals surface area contributed by atoms with Crippen molar-refractivity contribution in [3.63, 3.8) is 0 Å². The van der Waals surface area contributed by atoms with Gasteiger partial charge in [0.05, 0.1) is 0 Å². The smallest absolute Gasteiger partial charge is 0.133 e. The molecule has 0 aliphatic carbocycles.